The van der Waals surface area contributed by atoms with Crippen molar-refractivity contribution in [3.8, 4) is 0 Å². The molecular formula is C25H28F6N2O. The van der Waals surface area contributed by atoms with E-state index in [1.165, 1.54) is 36.4 Å². The quantitative estimate of drug-likeness (QED) is 0.476. The molecule has 3 rings (SSSR count). The third kappa shape index (κ3) is 5.10. The number of anilines is 1. The summed E-state index contributed by atoms with van der Waals surface area (Å²) in [5.41, 5.74) is -4.44. The van der Waals surface area contributed by atoms with Crippen molar-refractivity contribution in [2.24, 2.45) is 0 Å². The van der Waals surface area contributed by atoms with Gasteiger partial charge in [0.1, 0.15) is 0 Å². The fourth-order valence-electron chi connectivity index (χ4n) is 4.21. The van der Waals surface area contributed by atoms with Crippen molar-refractivity contribution in [1.29, 1.82) is 0 Å². The molecule has 0 amide bonds. The maximum absolute atomic E-state index is 14.3. The van der Waals surface area contributed by atoms with Gasteiger partial charge in [-0.15, -0.1) is 0 Å². The number of hydrogen-bond donors (Lipinski definition) is 1. The third-order valence-corrected chi connectivity index (χ3v) is 5.95. The average Bonchev–Trinajstić information content (AvgIpc) is 2.75. The summed E-state index contributed by atoms with van der Waals surface area (Å²) >= 11 is 0. The van der Waals surface area contributed by atoms with E-state index in [9.17, 15) is 26.3 Å². The highest BCUT2D eigenvalue weighted by molar-refractivity contribution is 5.69. The first-order chi connectivity index (χ1) is 15.9. The van der Waals surface area contributed by atoms with E-state index >= 15 is 0 Å². The summed E-state index contributed by atoms with van der Waals surface area (Å²) in [4.78, 5) is 1.99. The Balaban J connectivity index is 2.14. The first-order valence-electron chi connectivity index (χ1n) is 11.0. The highest BCUT2D eigenvalue weighted by atomic mass is 19.4. The number of piperazine rings is 1. The van der Waals surface area contributed by atoms with Gasteiger partial charge in [0.05, 0.1) is 6.61 Å². The summed E-state index contributed by atoms with van der Waals surface area (Å²) in [5.74, 6) is 0. The van der Waals surface area contributed by atoms with E-state index < -0.39 is 30.1 Å². The second-order valence-corrected chi connectivity index (χ2v) is 8.54. The van der Waals surface area contributed by atoms with Gasteiger partial charge in [-0.2, -0.15) is 26.3 Å². The largest absolute Gasteiger partial charge is 0.430 e. The van der Waals surface area contributed by atoms with Crippen LogP contribution in [0.5, 0.6) is 0 Å². The van der Waals surface area contributed by atoms with Crippen molar-refractivity contribution in [3.63, 3.8) is 0 Å². The molecule has 34 heavy (non-hydrogen) atoms. The van der Waals surface area contributed by atoms with E-state index in [0.717, 1.165) is 12.1 Å². The highest BCUT2D eigenvalue weighted by Crippen LogP contribution is 2.54. The topological polar surface area (TPSA) is 24.5 Å². The molecule has 1 N–H and O–H groups in total. The molecule has 0 unspecified atom stereocenters. The third-order valence-electron chi connectivity index (χ3n) is 5.95. The number of nitrogens with one attached hydrogen (secondary N) is 1. The Morgan fingerprint density at radius 3 is 2.24 bits per heavy atom. The average molecular weight is 487 g/mol. The number of rotatable bonds is 6. The van der Waals surface area contributed by atoms with Gasteiger partial charge >= 0.3 is 12.4 Å². The minimum atomic E-state index is -5.74. The first kappa shape index (κ1) is 26.1. The predicted molar refractivity (Wildman–Crippen MR) is 120 cm³/mol. The molecule has 2 aromatic carbocycles. The zero-order chi connectivity index (χ0) is 25.1. The van der Waals surface area contributed by atoms with Gasteiger partial charge in [-0.25, -0.2) is 0 Å². The zero-order valence-electron chi connectivity index (χ0n) is 19.2. The second kappa shape index (κ2) is 10.00. The van der Waals surface area contributed by atoms with Crippen molar-refractivity contribution in [1.82, 2.24) is 5.32 Å². The summed E-state index contributed by atoms with van der Waals surface area (Å²) in [6.45, 7) is 5.94. The van der Waals surface area contributed by atoms with Crippen LogP contribution < -0.4 is 10.2 Å². The van der Waals surface area contributed by atoms with Crippen molar-refractivity contribution in [3.05, 3.63) is 71.3 Å². The Kier molecular flexibility index (Phi) is 7.67. The second-order valence-electron chi connectivity index (χ2n) is 8.54. The first-order valence-corrected chi connectivity index (χ1v) is 11.0. The van der Waals surface area contributed by atoms with Gasteiger partial charge in [0.15, 0.2) is 0 Å². The molecule has 0 saturated carbocycles. The van der Waals surface area contributed by atoms with Gasteiger partial charge in [-0.1, -0.05) is 48.6 Å². The molecule has 0 bridgehead atoms. The van der Waals surface area contributed by atoms with E-state index in [2.05, 4.69) is 5.32 Å². The molecule has 0 radical (unpaired) electrons. The van der Waals surface area contributed by atoms with E-state index in [-0.39, 0.29) is 23.2 Å². The maximum atomic E-state index is 14.3. The number of allylic oxidation sites excluding steroid dienone is 1. The lowest BCUT2D eigenvalue weighted by Gasteiger charge is -2.41. The lowest BCUT2D eigenvalue weighted by Crippen LogP contribution is -2.56. The van der Waals surface area contributed by atoms with Crippen LogP contribution >= 0.6 is 0 Å². The van der Waals surface area contributed by atoms with Crippen LogP contribution in [0.3, 0.4) is 0 Å². The SMILES string of the molecule is C/C=C/c1cc(C(OCc2ccccc2)(C(F)(F)F)C(F)(F)F)ccc1N1C[C@@H](C)NC[C@@H]1C. The van der Waals surface area contributed by atoms with Crippen LogP contribution in [0.4, 0.5) is 32.0 Å². The summed E-state index contributed by atoms with van der Waals surface area (Å²) in [6.07, 6.45) is -8.38. The van der Waals surface area contributed by atoms with Gasteiger partial charge in [0.25, 0.3) is 5.60 Å². The molecule has 186 valence electrons. The molecule has 2 atom stereocenters. The molecule has 1 heterocycles. The molecule has 0 spiro atoms. The lowest BCUT2D eigenvalue weighted by atomic mass is 9.89. The molecule has 1 aliphatic rings. The predicted octanol–water partition coefficient (Wildman–Crippen LogP) is 6.44. The Morgan fingerprint density at radius 2 is 1.65 bits per heavy atom. The Hall–Kier alpha value is -2.52. The smallest absolute Gasteiger partial charge is 0.366 e. The van der Waals surface area contributed by atoms with Crippen molar-refractivity contribution < 1.29 is 31.1 Å². The molecule has 1 aliphatic heterocycles. The summed E-state index contributed by atoms with van der Waals surface area (Å²) in [7, 11) is 0. The lowest BCUT2D eigenvalue weighted by molar-refractivity contribution is -0.392. The number of alkyl halides is 6. The summed E-state index contributed by atoms with van der Waals surface area (Å²) in [6, 6.07) is 10.8. The van der Waals surface area contributed by atoms with Gasteiger partial charge < -0.3 is 15.0 Å². The normalized spacial score (nSPS) is 20.2. The monoisotopic (exact) mass is 486 g/mol. The standard InChI is InChI=1S/C25H28F6N2O/c1-4-8-20-13-21(11-12-22(20)33-15-17(2)32-14-18(33)3)23(24(26,27)28,25(29,30)31)34-16-19-9-6-5-7-10-19/h4-13,17-18,32H,14-16H2,1-3H3/b8-4+/t17-,18+/m1/s1. The van der Waals surface area contributed by atoms with Crippen LogP contribution in [0.25, 0.3) is 6.08 Å². The Bertz CT molecular complexity index is 973. The minimum Gasteiger partial charge on any atom is -0.366 e. The number of ether oxygens (including phenoxy) is 1. The van der Waals surface area contributed by atoms with Crippen LogP contribution in [0.2, 0.25) is 0 Å². The van der Waals surface area contributed by atoms with Gasteiger partial charge in [-0.05, 0) is 44.0 Å². The minimum absolute atomic E-state index is 0.00961. The molecule has 1 fully saturated rings. The van der Waals surface area contributed by atoms with Crippen molar-refractivity contribution in [2.45, 2.75) is 57.4 Å². The molecule has 3 nitrogen and oxygen atoms in total. The number of benzene rings is 2. The number of nitrogens with zero attached hydrogens (tertiary/aromatic N) is 1. The molecule has 0 aromatic heterocycles. The maximum Gasteiger partial charge on any atom is 0.430 e. The van der Waals surface area contributed by atoms with Crippen molar-refractivity contribution >= 4 is 11.8 Å². The molecule has 0 aliphatic carbocycles. The van der Waals surface area contributed by atoms with E-state index in [0.29, 0.717) is 18.8 Å². The van der Waals surface area contributed by atoms with E-state index in [1.54, 1.807) is 19.1 Å². The molecule has 2 aromatic rings. The summed E-state index contributed by atoms with van der Waals surface area (Å²) < 4.78 is 90.4. The van der Waals surface area contributed by atoms with Crippen LogP contribution in [-0.2, 0) is 16.9 Å². The number of halogens is 6. The van der Waals surface area contributed by atoms with E-state index in [4.69, 9.17) is 4.74 Å². The fourth-order valence-corrected chi connectivity index (χ4v) is 4.21. The van der Waals surface area contributed by atoms with Crippen LogP contribution in [0.15, 0.2) is 54.6 Å². The molecule has 1 saturated heterocycles. The van der Waals surface area contributed by atoms with Crippen LogP contribution in [0, 0.1) is 0 Å². The van der Waals surface area contributed by atoms with Crippen molar-refractivity contribution in [2.75, 3.05) is 18.0 Å². The highest BCUT2D eigenvalue weighted by Gasteiger charge is 2.73. The molecular weight excluding hydrogens is 458 g/mol. The van der Waals surface area contributed by atoms with E-state index in [1.807, 2.05) is 18.7 Å². The fraction of sp³-hybridized carbons (Fsp3) is 0.440. The summed E-state index contributed by atoms with van der Waals surface area (Å²) in [5, 5.41) is 3.31. The van der Waals surface area contributed by atoms with Crippen LogP contribution in [-0.4, -0.2) is 37.5 Å². The molecule has 9 heteroatoms. The Morgan fingerprint density at radius 1 is 1.00 bits per heavy atom. The van der Waals surface area contributed by atoms with Crippen LogP contribution in [0.1, 0.15) is 37.5 Å². The van der Waals surface area contributed by atoms with Gasteiger partial charge in [0.2, 0.25) is 0 Å². The zero-order valence-corrected chi connectivity index (χ0v) is 19.2. The van der Waals surface area contributed by atoms with Gasteiger partial charge in [-0.3, -0.25) is 0 Å². The number of hydrogen-bond acceptors (Lipinski definition) is 3. The Labute approximate surface area is 195 Å². The van der Waals surface area contributed by atoms with Gasteiger partial charge in [0, 0.05) is 36.4 Å².